The van der Waals surface area contributed by atoms with Crippen LogP contribution in [0.4, 0.5) is 0 Å². The number of esters is 1. The summed E-state index contributed by atoms with van der Waals surface area (Å²) in [5.41, 5.74) is 1.21. The van der Waals surface area contributed by atoms with Gasteiger partial charge in [0, 0.05) is 13.0 Å². The Labute approximate surface area is 127 Å². The van der Waals surface area contributed by atoms with Crippen LogP contribution in [0.3, 0.4) is 0 Å². The molecule has 1 rings (SSSR count). The van der Waals surface area contributed by atoms with Crippen molar-refractivity contribution in [3.05, 3.63) is 29.8 Å². The predicted molar refractivity (Wildman–Crippen MR) is 84.6 cm³/mol. The van der Waals surface area contributed by atoms with Crippen LogP contribution in [-0.4, -0.2) is 32.3 Å². The van der Waals surface area contributed by atoms with E-state index in [1.165, 1.54) is 5.56 Å². The molecule has 0 aliphatic rings. The average molecular weight is 293 g/mol. The summed E-state index contributed by atoms with van der Waals surface area (Å²) in [6, 6.07) is 8.07. The molecule has 0 atom stereocenters. The molecule has 1 N–H and O–H groups in total. The third-order valence-corrected chi connectivity index (χ3v) is 3.08. The molecule has 0 aliphatic carbocycles. The van der Waals surface area contributed by atoms with Crippen LogP contribution in [0.15, 0.2) is 24.3 Å². The smallest absolute Gasteiger partial charge is 0.305 e. The minimum absolute atomic E-state index is 0.0861. The van der Waals surface area contributed by atoms with Crippen molar-refractivity contribution in [1.82, 2.24) is 5.32 Å². The Morgan fingerprint density at radius 1 is 1.19 bits per heavy atom. The van der Waals surface area contributed by atoms with E-state index in [1.807, 2.05) is 25.1 Å². The van der Waals surface area contributed by atoms with Crippen LogP contribution >= 0.6 is 0 Å². The highest BCUT2D eigenvalue weighted by Gasteiger charge is 2.00. The van der Waals surface area contributed by atoms with Gasteiger partial charge in [-0.05, 0) is 50.9 Å². The van der Waals surface area contributed by atoms with Crippen LogP contribution < -0.4 is 10.1 Å². The SMILES string of the molecule is CCOC(=O)CCCCCNCCOc1cccc(C)c1. The first-order chi connectivity index (χ1) is 10.2. The second kappa shape index (κ2) is 11.1. The molecule has 118 valence electrons. The van der Waals surface area contributed by atoms with Crippen molar-refractivity contribution in [2.45, 2.75) is 39.5 Å². The molecular formula is C17H27NO3. The number of carbonyl (C=O) groups is 1. The lowest BCUT2D eigenvalue weighted by molar-refractivity contribution is -0.143. The number of hydrogen-bond donors (Lipinski definition) is 1. The molecule has 1 aromatic carbocycles. The fourth-order valence-corrected chi connectivity index (χ4v) is 2.00. The molecule has 0 fully saturated rings. The first-order valence-electron chi connectivity index (χ1n) is 7.78. The zero-order chi connectivity index (χ0) is 15.3. The molecule has 0 radical (unpaired) electrons. The average Bonchev–Trinajstić information content (AvgIpc) is 2.46. The molecular weight excluding hydrogens is 266 g/mol. The summed E-state index contributed by atoms with van der Waals surface area (Å²) in [5, 5.41) is 3.34. The van der Waals surface area contributed by atoms with Crippen molar-refractivity contribution in [3.63, 3.8) is 0 Å². The number of aryl methyl sites for hydroxylation is 1. The van der Waals surface area contributed by atoms with Gasteiger partial charge < -0.3 is 14.8 Å². The summed E-state index contributed by atoms with van der Waals surface area (Å²) < 4.78 is 10.5. The summed E-state index contributed by atoms with van der Waals surface area (Å²) in [6.07, 6.45) is 3.55. The van der Waals surface area contributed by atoms with E-state index in [0.29, 0.717) is 19.6 Å². The molecule has 0 heterocycles. The molecule has 0 aromatic heterocycles. The van der Waals surface area contributed by atoms with Crippen LogP contribution in [0, 0.1) is 6.92 Å². The van der Waals surface area contributed by atoms with E-state index in [9.17, 15) is 4.79 Å². The van der Waals surface area contributed by atoms with E-state index in [4.69, 9.17) is 9.47 Å². The number of carbonyl (C=O) groups excluding carboxylic acids is 1. The fourth-order valence-electron chi connectivity index (χ4n) is 2.00. The third kappa shape index (κ3) is 9.08. The van der Waals surface area contributed by atoms with Crippen molar-refractivity contribution >= 4 is 5.97 Å². The Hall–Kier alpha value is -1.55. The standard InChI is InChI=1S/C17H27NO3/c1-3-20-17(19)10-5-4-6-11-18-12-13-21-16-9-7-8-15(2)14-16/h7-9,14,18H,3-6,10-13H2,1-2H3. The Bertz CT molecular complexity index is 407. The molecule has 1 aromatic rings. The molecule has 0 saturated carbocycles. The number of benzene rings is 1. The van der Waals surface area contributed by atoms with Crippen LogP contribution in [0.25, 0.3) is 0 Å². The van der Waals surface area contributed by atoms with Gasteiger partial charge in [-0.3, -0.25) is 4.79 Å². The highest BCUT2D eigenvalue weighted by atomic mass is 16.5. The molecule has 0 bridgehead atoms. The normalized spacial score (nSPS) is 10.4. The van der Waals surface area contributed by atoms with Crippen molar-refractivity contribution < 1.29 is 14.3 Å². The van der Waals surface area contributed by atoms with Crippen LogP contribution in [0.1, 0.15) is 38.2 Å². The molecule has 21 heavy (non-hydrogen) atoms. The van der Waals surface area contributed by atoms with E-state index in [1.54, 1.807) is 0 Å². The lowest BCUT2D eigenvalue weighted by Crippen LogP contribution is -2.22. The first kappa shape index (κ1) is 17.5. The van der Waals surface area contributed by atoms with Gasteiger partial charge in [0.25, 0.3) is 0 Å². The van der Waals surface area contributed by atoms with Gasteiger partial charge in [0.1, 0.15) is 12.4 Å². The summed E-state index contributed by atoms with van der Waals surface area (Å²) in [6.45, 7) is 6.83. The predicted octanol–water partition coefficient (Wildman–Crippen LogP) is 3.09. The van der Waals surface area contributed by atoms with Crippen LogP contribution in [0.2, 0.25) is 0 Å². The van der Waals surface area contributed by atoms with Gasteiger partial charge in [0.2, 0.25) is 0 Å². The second-order valence-electron chi connectivity index (χ2n) is 5.03. The van der Waals surface area contributed by atoms with E-state index in [2.05, 4.69) is 18.3 Å². The number of nitrogens with one attached hydrogen (secondary N) is 1. The zero-order valence-electron chi connectivity index (χ0n) is 13.2. The minimum atomic E-state index is -0.0861. The Kier molecular flexibility index (Phi) is 9.29. The first-order valence-corrected chi connectivity index (χ1v) is 7.78. The number of hydrogen-bond acceptors (Lipinski definition) is 4. The van der Waals surface area contributed by atoms with Crippen molar-refractivity contribution in [1.29, 1.82) is 0 Å². The largest absolute Gasteiger partial charge is 0.492 e. The van der Waals surface area contributed by atoms with Gasteiger partial charge in [-0.1, -0.05) is 18.6 Å². The van der Waals surface area contributed by atoms with Crippen LogP contribution in [-0.2, 0) is 9.53 Å². The molecule has 0 unspecified atom stereocenters. The maximum atomic E-state index is 11.1. The summed E-state index contributed by atoms with van der Waals surface area (Å²) in [7, 11) is 0. The highest BCUT2D eigenvalue weighted by Crippen LogP contribution is 2.11. The Balaban J connectivity index is 1.90. The maximum absolute atomic E-state index is 11.1. The number of ether oxygens (including phenoxy) is 2. The van der Waals surface area contributed by atoms with Gasteiger partial charge in [0.15, 0.2) is 0 Å². The van der Waals surface area contributed by atoms with Gasteiger partial charge in [-0.2, -0.15) is 0 Å². The van der Waals surface area contributed by atoms with Gasteiger partial charge in [0.05, 0.1) is 6.61 Å². The van der Waals surface area contributed by atoms with E-state index >= 15 is 0 Å². The summed E-state index contributed by atoms with van der Waals surface area (Å²) in [5.74, 6) is 0.836. The van der Waals surface area contributed by atoms with E-state index < -0.39 is 0 Å². The number of unbranched alkanes of at least 4 members (excludes halogenated alkanes) is 2. The lowest BCUT2D eigenvalue weighted by Gasteiger charge is -2.08. The monoisotopic (exact) mass is 293 g/mol. The zero-order valence-corrected chi connectivity index (χ0v) is 13.2. The number of rotatable bonds is 11. The summed E-state index contributed by atoms with van der Waals surface area (Å²) in [4.78, 5) is 11.1. The molecule has 0 aliphatic heterocycles. The van der Waals surface area contributed by atoms with Gasteiger partial charge in [-0.25, -0.2) is 0 Å². The molecule has 4 heteroatoms. The van der Waals surface area contributed by atoms with Gasteiger partial charge in [-0.15, -0.1) is 0 Å². The van der Waals surface area contributed by atoms with Gasteiger partial charge >= 0.3 is 5.97 Å². The van der Waals surface area contributed by atoms with Crippen molar-refractivity contribution in [2.75, 3.05) is 26.3 Å². The molecule has 0 amide bonds. The molecule has 4 nitrogen and oxygen atoms in total. The second-order valence-corrected chi connectivity index (χ2v) is 5.03. The summed E-state index contributed by atoms with van der Waals surface area (Å²) >= 11 is 0. The third-order valence-electron chi connectivity index (χ3n) is 3.08. The Morgan fingerprint density at radius 3 is 2.81 bits per heavy atom. The lowest BCUT2D eigenvalue weighted by atomic mass is 10.2. The van der Waals surface area contributed by atoms with E-state index in [0.717, 1.165) is 38.1 Å². The molecule has 0 saturated heterocycles. The van der Waals surface area contributed by atoms with Crippen molar-refractivity contribution in [3.8, 4) is 5.75 Å². The minimum Gasteiger partial charge on any atom is -0.492 e. The van der Waals surface area contributed by atoms with Crippen molar-refractivity contribution in [2.24, 2.45) is 0 Å². The molecule has 0 spiro atoms. The quantitative estimate of drug-likeness (QED) is 0.503. The maximum Gasteiger partial charge on any atom is 0.305 e. The topological polar surface area (TPSA) is 47.6 Å². The van der Waals surface area contributed by atoms with E-state index in [-0.39, 0.29) is 5.97 Å². The fraction of sp³-hybridized carbons (Fsp3) is 0.588. The highest BCUT2D eigenvalue weighted by molar-refractivity contribution is 5.69. The Morgan fingerprint density at radius 2 is 2.05 bits per heavy atom. The van der Waals surface area contributed by atoms with Crippen LogP contribution in [0.5, 0.6) is 5.75 Å².